The number of hydrogen-bond acceptors (Lipinski definition) is 2. The van der Waals surface area contributed by atoms with E-state index >= 15 is 0 Å². The molecular formula is C23H20N2. The van der Waals surface area contributed by atoms with Gasteiger partial charge >= 0.3 is 0 Å². The minimum Gasteiger partial charge on any atom is -0.233 e. The summed E-state index contributed by atoms with van der Waals surface area (Å²) in [7, 11) is 0. The Hall–Kier alpha value is -3.00. The van der Waals surface area contributed by atoms with Crippen LogP contribution in [0.15, 0.2) is 78.9 Å². The molecule has 0 N–H and O–H groups in total. The fourth-order valence-electron chi connectivity index (χ4n) is 3.13. The van der Waals surface area contributed by atoms with Gasteiger partial charge in [0.05, 0.1) is 11.4 Å². The monoisotopic (exact) mass is 324 g/mol. The van der Waals surface area contributed by atoms with Gasteiger partial charge in [-0.25, -0.2) is 9.97 Å². The summed E-state index contributed by atoms with van der Waals surface area (Å²) in [4.78, 5) is 9.26. The van der Waals surface area contributed by atoms with Crippen molar-refractivity contribution in [3.05, 3.63) is 90.4 Å². The molecule has 0 aliphatic heterocycles. The van der Waals surface area contributed by atoms with Crippen LogP contribution in [-0.4, -0.2) is 9.97 Å². The molecule has 0 saturated heterocycles. The molecule has 1 aliphatic carbocycles. The van der Waals surface area contributed by atoms with Gasteiger partial charge in [-0.05, 0) is 42.5 Å². The van der Waals surface area contributed by atoms with Gasteiger partial charge in [-0.3, -0.25) is 0 Å². The smallest absolute Gasteiger partial charge is 0.126 e. The molecule has 1 heterocycles. The SMILES string of the molecule is Cc1nc(C2=CCCC=C2)cc(-c2ccc(-c3ccccc3)cc2)n1. The molecule has 0 spiro atoms. The molecule has 0 amide bonds. The highest BCUT2D eigenvalue weighted by Gasteiger charge is 2.09. The number of rotatable bonds is 3. The van der Waals surface area contributed by atoms with E-state index < -0.39 is 0 Å². The lowest BCUT2D eigenvalue weighted by atomic mass is 10.0. The maximum Gasteiger partial charge on any atom is 0.126 e. The van der Waals surface area contributed by atoms with Crippen molar-refractivity contribution in [2.75, 3.05) is 0 Å². The second-order valence-corrected chi connectivity index (χ2v) is 6.27. The average Bonchev–Trinajstić information content (AvgIpc) is 2.69. The average molecular weight is 324 g/mol. The number of hydrogen-bond donors (Lipinski definition) is 0. The van der Waals surface area contributed by atoms with Crippen LogP contribution < -0.4 is 0 Å². The van der Waals surface area contributed by atoms with E-state index in [-0.39, 0.29) is 0 Å². The summed E-state index contributed by atoms with van der Waals surface area (Å²) >= 11 is 0. The topological polar surface area (TPSA) is 25.8 Å². The van der Waals surface area contributed by atoms with Gasteiger partial charge in [-0.1, -0.05) is 72.8 Å². The van der Waals surface area contributed by atoms with Gasteiger partial charge in [-0.2, -0.15) is 0 Å². The van der Waals surface area contributed by atoms with E-state index in [1.165, 1.54) is 16.7 Å². The Kier molecular flexibility index (Phi) is 4.26. The van der Waals surface area contributed by atoms with E-state index in [0.717, 1.165) is 35.6 Å². The van der Waals surface area contributed by atoms with Crippen molar-refractivity contribution in [1.82, 2.24) is 9.97 Å². The van der Waals surface area contributed by atoms with Gasteiger partial charge < -0.3 is 0 Å². The second kappa shape index (κ2) is 6.86. The lowest BCUT2D eigenvalue weighted by Gasteiger charge is -2.10. The maximum absolute atomic E-state index is 4.64. The Morgan fingerprint density at radius 2 is 1.40 bits per heavy atom. The molecular weight excluding hydrogens is 304 g/mol. The van der Waals surface area contributed by atoms with Crippen LogP contribution in [-0.2, 0) is 0 Å². The Labute approximate surface area is 148 Å². The van der Waals surface area contributed by atoms with Crippen molar-refractivity contribution in [3.63, 3.8) is 0 Å². The van der Waals surface area contributed by atoms with Gasteiger partial charge in [0.15, 0.2) is 0 Å². The highest BCUT2D eigenvalue weighted by Crippen LogP contribution is 2.26. The molecule has 4 rings (SSSR count). The summed E-state index contributed by atoms with van der Waals surface area (Å²) in [6.07, 6.45) is 8.82. The Bertz CT molecular complexity index is 936. The van der Waals surface area contributed by atoms with Gasteiger partial charge in [0.2, 0.25) is 0 Å². The summed E-state index contributed by atoms with van der Waals surface area (Å²) in [5.74, 6) is 0.805. The fourth-order valence-corrected chi connectivity index (χ4v) is 3.13. The van der Waals surface area contributed by atoms with Gasteiger partial charge in [0, 0.05) is 5.56 Å². The first-order valence-electron chi connectivity index (χ1n) is 8.68. The molecule has 122 valence electrons. The van der Waals surface area contributed by atoms with Crippen molar-refractivity contribution in [2.45, 2.75) is 19.8 Å². The largest absolute Gasteiger partial charge is 0.233 e. The zero-order valence-corrected chi connectivity index (χ0v) is 14.3. The molecule has 25 heavy (non-hydrogen) atoms. The van der Waals surface area contributed by atoms with Gasteiger partial charge in [-0.15, -0.1) is 0 Å². The van der Waals surface area contributed by atoms with Gasteiger partial charge in [0.25, 0.3) is 0 Å². The zero-order valence-electron chi connectivity index (χ0n) is 14.3. The lowest BCUT2D eigenvalue weighted by Crippen LogP contribution is -1.98. The Balaban J connectivity index is 1.69. The quantitative estimate of drug-likeness (QED) is 0.603. The number of aryl methyl sites for hydroxylation is 1. The van der Waals surface area contributed by atoms with Crippen LogP contribution in [0, 0.1) is 6.92 Å². The third kappa shape index (κ3) is 3.43. The molecule has 0 radical (unpaired) electrons. The summed E-state index contributed by atoms with van der Waals surface area (Å²) in [5.41, 5.74) is 6.73. The van der Waals surface area contributed by atoms with E-state index in [0.29, 0.717) is 0 Å². The van der Waals surface area contributed by atoms with Crippen molar-refractivity contribution in [2.24, 2.45) is 0 Å². The standard InChI is InChI=1S/C23H20N2/c1-17-24-22(20-10-6-3-7-11-20)16-23(25-17)21-14-12-19(13-15-21)18-8-4-2-5-9-18/h2,4-6,8-16H,3,7H2,1H3. The fraction of sp³-hybridized carbons (Fsp3) is 0.130. The molecule has 3 aromatic rings. The third-order valence-electron chi connectivity index (χ3n) is 4.42. The van der Waals surface area contributed by atoms with E-state index in [1.807, 2.05) is 13.0 Å². The van der Waals surface area contributed by atoms with E-state index in [1.54, 1.807) is 0 Å². The predicted octanol–water partition coefficient (Wildman–Crippen LogP) is 5.85. The van der Waals surface area contributed by atoms with E-state index in [9.17, 15) is 0 Å². The van der Waals surface area contributed by atoms with E-state index in [4.69, 9.17) is 0 Å². The Morgan fingerprint density at radius 3 is 2.12 bits per heavy atom. The van der Waals surface area contributed by atoms with Crippen LogP contribution in [0.3, 0.4) is 0 Å². The van der Waals surface area contributed by atoms with Crippen LogP contribution in [0.1, 0.15) is 24.4 Å². The Morgan fingerprint density at radius 1 is 0.720 bits per heavy atom. The lowest BCUT2D eigenvalue weighted by molar-refractivity contribution is 1.02. The minimum absolute atomic E-state index is 0.805. The highest BCUT2D eigenvalue weighted by atomic mass is 14.9. The number of allylic oxidation sites excluding steroid dienone is 4. The van der Waals surface area contributed by atoms with Crippen LogP contribution in [0.5, 0.6) is 0 Å². The molecule has 0 unspecified atom stereocenters. The number of nitrogens with zero attached hydrogens (tertiary/aromatic N) is 2. The summed E-state index contributed by atoms with van der Waals surface area (Å²) < 4.78 is 0. The minimum atomic E-state index is 0.805. The van der Waals surface area contributed by atoms with Crippen molar-refractivity contribution >= 4 is 5.57 Å². The first kappa shape index (κ1) is 15.5. The maximum atomic E-state index is 4.64. The molecule has 1 aromatic heterocycles. The highest BCUT2D eigenvalue weighted by molar-refractivity contribution is 5.76. The zero-order chi connectivity index (χ0) is 17.1. The molecule has 2 nitrogen and oxygen atoms in total. The predicted molar refractivity (Wildman–Crippen MR) is 104 cm³/mol. The molecule has 1 aliphatic rings. The van der Waals surface area contributed by atoms with Crippen molar-refractivity contribution in [1.29, 1.82) is 0 Å². The molecule has 0 saturated carbocycles. The van der Waals surface area contributed by atoms with Crippen LogP contribution in [0.2, 0.25) is 0 Å². The number of benzene rings is 2. The third-order valence-corrected chi connectivity index (χ3v) is 4.42. The van der Waals surface area contributed by atoms with E-state index in [2.05, 4.69) is 82.8 Å². The molecule has 2 aromatic carbocycles. The van der Waals surface area contributed by atoms with Crippen molar-refractivity contribution < 1.29 is 0 Å². The summed E-state index contributed by atoms with van der Waals surface area (Å²) in [6.45, 7) is 1.96. The second-order valence-electron chi connectivity index (χ2n) is 6.27. The molecule has 2 heteroatoms. The molecule has 0 fully saturated rings. The summed E-state index contributed by atoms with van der Waals surface area (Å²) in [5, 5.41) is 0. The summed E-state index contributed by atoms with van der Waals surface area (Å²) in [6, 6.07) is 21.1. The van der Waals surface area contributed by atoms with Crippen LogP contribution >= 0.6 is 0 Å². The van der Waals surface area contributed by atoms with Gasteiger partial charge in [0.1, 0.15) is 5.82 Å². The number of aromatic nitrogens is 2. The molecule has 0 atom stereocenters. The van der Waals surface area contributed by atoms with Crippen LogP contribution in [0.4, 0.5) is 0 Å². The first-order valence-corrected chi connectivity index (χ1v) is 8.68. The normalized spacial score (nSPS) is 13.6. The van der Waals surface area contributed by atoms with Crippen molar-refractivity contribution in [3.8, 4) is 22.4 Å². The molecule has 0 bridgehead atoms. The van der Waals surface area contributed by atoms with Crippen LogP contribution in [0.25, 0.3) is 28.0 Å². The first-order chi connectivity index (χ1) is 12.3.